The smallest absolute Gasteiger partial charge is 0.274 e. The van der Waals surface area contributed by atoms with Crippen molar-refractivity contribution in [1.82, 2.24) is 25.2 Å². The molecule has 0 spiro atoms. The number of fused-ring (bicyclic) bond motifs is 1. The highest BCUT2D eigenvalue weighted by molar-refractivity contribution is 6.34. The summed E-state index contributed by atoms with van der Waals surface area (Å²) in [5.41, 5.74) is -1.29. The lowest BCUT2D eigenvalue weighted by atomic mass is 10.2. The van der Waals surface area contributed by atoms with Crippen molar-refractivity contribution in [3.63, 3.8) is 0 Å². The Kier molecular flexibility index (Phi) is 3.47. The van der Waals surface area contributed by atoms with Crippen LogP contribution in [0.5, 0.6) is 0 Å². The Hall–Kier alpha value is -2.23. The van der Waals surface area contributed by atoms with Gasteiger partial charge in [-0.15, -0.1) is 0 Å². The Morgan fingerprint density at radius 3 is 2.77 bits per heavy atom. The number of pyridine rings is 1. The first-order valence-electron chi connectivity index (χ1n) is 6.18. The number of rotatable bonds is 1. The van der Waals surface area contributed by atoms with E-state index in [0.717, 1.165) is 0 Å². The second-order valence-electron chi connectivity index (χ2n) is 4.56. The standard InChI is InChI=1S/C11H8ClF3N6O/c12-7-4-6(11(13,14)15)5-16-8(7)9(22)20-2-1-3-21-10(20)17-18-19-21/h4-5H,1-3H2. The second kappa shape index (κ2) is 5.20. The Balaban J connectivity index is 1.94. The fourth-order valence-electron chi connectivity index (χ4n) is 2.09. The maximum atomic E-state index is 12.6. The zero-order valence-electron chi connectivity index (χ0n) is 10.9. The van der Waals surface area contributed by atoms with E-state index >= 15 is 0 Å². The van der Waals surface area contributed by atoms with Crippen molar-refractivity contribution >= 4 is 23.5 Å². The molecule has 0 unspecified atom stereocenters. The Labute approximate surface area is 126 Å². The predicted molar refractivity (Wildman–Crippen MR) is 68.4 cm³/mol. The number of tetrazole rings is 1. The van der Waals surface area contributed by atoms with Gasteiger partial charge in [-0.2, -0.15) is 13.2 Å². The average molecular weight is 333 g/mol. The SMILES string of the molecule is O=C(c1ncc(C(F)(F)F)cc1Cl)N1CCCn2nnnc21. The fraction of sp³-hybridized carbons (Fsp3) is 0.364. The predicted octanol–water partition coefficient (Wildman–Crippen LogP) is 1.79. The summed E-state index contributed by atoms with van der Waals surface area (Å²) in [7, 11) is 0. The monoisotopic (exact) mass is 332 g/mol. The van der Waals surface area contributed by atoms with Gasteiger partial charge in [0.2, 0.25) is 0 Å². The van der Waals surface area contributed by atoms with Crippen LogP contribution in [0.3, 0.4) is 0 Å². The molecule has 2 aromatic rings. The minimum absolute atomic E-state index is 0.217. The molecule has 0 N–H and O–H groups in total. The van der Waals surface area contributed by atoms with Gasteiger partial charge in [0.05, 0.1) is 10.6 Å². The van der Waals surface area contributed by atoms with E-state index in [4.69, 9.17) is 11.6 Å². The lowest BCUT2D eigenvalue weighted by Crippen LogP contribution is -2.38. The number of halogens is 4. The van der Waals surface area contributed by atoms with Crippen molar-refractivity contribution in [2.45, 2.75) is 19.1 Å². The number of anilines is 1. The number of aromatic nitrogens is 5. The molecule has 3 rings (SSSR count). The van der Waals surface area contributed by atoms with E-state index in [1.165, 1.54) is 9.58 Å². The van der Waals surface area contributed by atoms with Crippen LogP contribution in [0.25, 0.3) is 0 Å². The number of amides is 1. The molecule has 2 aromatic heterocycles. The molecule has 3 heterocycles. The molecule has 0 aromatic carbocycles. The minimum Gasteiger partial charge on any atom is -0.274 e. The molecule has 22 heavy (non-hydrogen) atoms. The van der Waals surface area contributed by atoms with E-state index in [-0.39, 0.29) is 16.7 Å². The molecule has 0 atom stereocenters. The summed E-state index contributed by atoms with van der Waals surface area (Å²) >= 11 is 5.78. The van der Waals surface area contributed by atoms with Gasteiger partial charge in [0.25, 0.3) is 11.9 Å². The molecular formula is C11H8ClF3N6O. The van der Waals surface area contributed by atoms with Crippen LogP contribution in [0.1, 0.15) is 22.5 Å². The quantitative estimate of drug-likeness (QED) is 0.795. The van der Waals surface area contributed by atoms with Crippen LogP contribution >= 0.6 is 11.6 Å². The van der Waals surface area contributed by atoms with Gasteiger partial charge in [-0.05, 0) is 22.9 Å². The first-order valence-corrected chi connectivity index (χ1v) is 6.56. The van der Waals surface area contributed by atoms with E-state index in [1.54, 1.807) is 0 Å². The zero-order chi connectivity index (χ0) is 15.9. The Morgan fingerprint density at radius 1 is 1.32 bits per heavy atom. The third-order valence-corrected chi connectivity index (χ3v) is 3.41. The number of carbonyl (C=O) groups excluding carboxylic acids is 1. The van der Waals surface area contributed by atoms with E-state index in [1.807, 2.05) is 0 Å². The fourth-order valence-corrected chi connectivity index (χ4v) is 2.33. The van der Waals surface area contributed by atoms with E-state index in [9.17, 15) is 18.0 Å². The first kappa shape index (κ1) is 14.7. The van der Waals surface area contributed by atoms with Gasteiger partial charge < -0.3 is 0 Å². The highest BCUT2D eigenvalue weighted by Crippen LogP contribution is 2.31. The molecular weight excluding hydrogens is 325 g/mol. The second-order valence-corrected chi connectivity index (χ2v) is 4.97. The van der Waals surface area contributed by atoms with Crippen LogP contribution in [0.2, 0.25) is 5.02 Å². The van der Waals surface area contributed by atoms with Gasteiger partial charge in [0.15, 0.2) is 0 Å². The summed E-state index contributed by atoms with van der Waals surface area (Å²) in [6, 6.07) is 0.675. The normalized spacial score (nSPS) is 14.8. The van der Waals surface area contributed by atoms with Gasteiger partial charge >= 0.3 is 6.18 Å². The van der Waals surface area contributed by atoms with Crippen molar-refractivity contribution in [3.05, 3.63) is 28.5 Å². The van der Waals surface area contributed by atoms with Crippen molar-refractivity contribution < 1.29 is 18.0 Å². The molecule has 0 radical (unpaired) electrons. The van der Waals surface area contributed by atoms with Crippen LogP contribution in [0.15, 0.2) is 12.3 Å². The number of hydrogen-bond acceptors (Lipinski definition) is 5. The van der Waals surface area contributed by atoms with Gasteiger partial charge in [-0.25, -0.2) is 9.67 Å². The highest BCUT2D eigenvalue weighted by Gasteiger charge is 2.34. The minimum atomic E-state index is -4.58. The topological polar surface area (TPSA) is 76.8 Å². The lowest BCUT2D eigenvalue weighted by Gasteiger charge is -2.25. The van der Waals surface area contributed by atoms with Gasteiger partial charge in [-0.3, -0.25) is 9.69 Å². The van der Waals surface area contributed by atoms with Crippen LogP contribution in [-0.2, 0) is 12.7 Å². The average Bonchev–Trinajstić information content (AvgIpc) is 2.93. The van der Waals surface area contributed by atoms with Crippen molar-refractivity contribution in [2.24, 2.45) is 0 Å². The summed E-state index contributed by atoms with van der Waals surface area (Å²) in [4.78, 5) is 17.2. The van der Waals surface area contributed by atoms with Crippen molar-refractivity contribution in [2.75, 3.05) is 11.4 Å². The van der Waals surface area contributed by atoms with Crippen LogP contribution in [0, 0.1) is 0 Å². The number of aryl methyl sites for hydroxylation is 1. The largest absolute Gasteiger partial charge is 0.417 e. The van der Waals surface area contributed by atoms with Crippen LogP contribution < -0.4 is 4.90 Å². The first-order chi connectivity index (χ1) is 10.4. The Morgan fingerprint density at radius 2 is 2.09 bits per heavy atom. The van der Waals surface area contributed by atoms with Crippen molar-refractivity contribution in [3.8, 4) is 0 Å². The van der Waals surface area contributed by atoms with Crippen LogP contribution in [-0.4, -0.2) is 37.6 Å². The van der Waals surface area contributed by atoms with Crippen molar-refractivity contribution in [1.29, 1.82) is 0 Å². The number of nitrogens with zero attached hydrogens (tertiary/aromatic N) is 6. The molecule has 1 amide bonds. The number of carbonyl (C=O) groups is 1. The molecule has 0 saturated heterocycles. The number of alkyl halides is 3. The molecule has 116 valence electrons. The van der Waals surface area contributed by atoms with E-state index in [0.29, 0.717) is 31.8 Å². The summed E-state index contributed by atoms with van der Waals surface area (Å²) < 4.78 is 39.2. The maximum Gasteiger partial charge on any atom is 0.417 e. The molecule has 11 heteroatoms. The third kappa shape index (κ3) is 2.49. The summed E-state index contributed by atoms with van der Waals surface area (Å²) in [6.07, 6.45) is -3.39. The van der Waals surface area contributed by atoms with E-state index < -0.39 is 17.6 Å². The molecule has 1 aliphatic rings. The highest BCUT2D eigenvalue weighted by atomic mass is 35.5. The lowest BCUT2D eigenvalue weighted by molar-refractivity contribution is -0.137. The van der Waals surface area contributed by atoms with E-state index in [2.05, 4.69) is 20.5 Å². The summed E-state index contributed by atoms with van der Waals surface area (Å²) in [6.45, 7) is 0.887. The summed E-state index contributed by atoms with van der Waals surface area (Å²) in [5.74, 6) is -0.427. The Bertz CT molecular complexity index is 731. The van der Waals surface area contributed by atoms with Gasteiger partial charge in [0.1, 0.15) is 5.69 Å². The van der Waals surface area contributed by atoms with Gasteiger partial charge in [0, 0.05) is 19.3 Å². The molecule has 7 nitrogen and oxygen atoms in total. The molecule has 0 fully saturated rings. The maximum absolute atomic E-state index is 12.6. The summed E-state index contributed by atoms with van der Waals surface area (Å²) in [5, 5.41) is 10.5. The molecule has 0 saturated carbocycles. The van der Waals surface area contributed by atoms with Gasteiger partial charge in [-0.1, -0.05) is 16.7 Å². The molecule has 0 bridgehead atoms. The zero-order valence-corrected chi connectivity index (χ0v) is 11.6. The molecule has 0 aliphatic carbocycles. The molecule has 1 aliphatic heterocycles. The number of hydrogen-bond donors (Lipinski definition) is 0. The third-order valence-electron chi connectivity index (χ3n) is 3.12. The van der Waals surface area contributed by atoms with Crippen LogP contribution in [0.4, 0.5) is 19.1 Å².